The molecule has 0 radical (unpaired) electrons. The van der Waals surface area contributed by atoms with Crippen molar-refractivity contribution in [1.82, 2.24) is 0 Å². The first-order chi connectivity index (χ1) is 12.0. The molecule has 1 amide bonds. The third kappa shape index (κ3) is 3.97. The summed E-state index contributed by atoms with van der Waals surface area (Å²) in [5.41, 5.74) is 0.460. The number of esters is 1. The van der Waals surface area contributed by atoms with Gasteiger partial charge in [-0.3, -0.25) is 9.59 Å². The van der Waals surface area contributed by atoms with Crippen molar-refractivity contribution in [3.8, 4) is 0 Å². The number of amides is 1. The minimum atomic E-state index is -0.556. The highest BCUT2D eigenvalue weighted by Gasteiger charge is 2.60. The number of allylic oxidation sites excluding steroid dienone is 1. The number of carbonyl (C=O) groups excluding carboxylic acids is 3. The van der Waals surface area contributed by atoms with E-state index in [1.54, 1.807) is 19.9 Å². The fourth-order valence-electron chi connectivity index (χ4n) is 3.20. The highest BCUT2D eigenvalue weighted by atomic mass is 35.5. The Kier molecular flexibility index (Phi) is 6.20. The van der Waals surface area contributed by atoms with Gasteiger partial charge in [-0.25, -0.2) is 4.79 Å². The summed E-state index contributed by atoms with van der Waals surface area (Å²) >= 11 is 12.5. The predicted molar refractivity (Wildman–Crippen MR) is 104 cm³/mol. The second-order valence-electron chi connectivity index (χ2n) is 6.81. The summed E-state index contributed by atoms with van der Waals surface area (Å²) in [5.74, 6) is -1.38. The molecule has 142 valence electrons. The molecule has 0 spiro atoms. The lowest BCUT2D eigenvalue weighted by Crippen LogP contribution is -2.18. The smallest absolute Gasteiger partial charge is 0.341 e. The molecule has 1 saturated carbocycles. The number of ketones is 1. The Bertz CT molecular complexity index is 793. The molecule has 2 atom stereocenters. The molecule has 8 heteroatoms. The summed E-state index contributed by atoms with van der Waals surface area (Å²) in [6.45, 7) is 8.89. The zero-order chi connectivity index (χ0) is 19.8. The van der Waals surface area contributed by atoms with E-state index in [1.807, 2.05) is 13.8 Å². The quantitative estimate of drug-likeness (QED) is 0.523. The Hall–Kier alpha value is -1.37. The average Bonchev–Trinajstić information content (AvgIpc) is 2.87. The van der Waals surface area contributed by atoms with E-state index >= 15 is 0 Å². The van der Waals surface area contributed by atoms with Crippen molar-refractivity contribution in [3.05, 3.63) is 26.6 Å². The molecule has 0 unspecified atom stereocenters. The van der Waals surface area contributed by atoms with Crippen LogP contribution in [0.5, 0.6) is 0 Å². The number of carbonyl (C=O) groups is 3. The second-order valence-corrected chi connectivity index (χ2v) is 8.84. The summed E-state index contributed by atoms with van der Waals surface area (Å²) in [7, 11) is 0. The first kappa shape index (κ1) is 20.9. The average molecular weight is 418 g/mol. The Balaban J connectivity index is 2.33. The molecular formula is C18H21Cl2NO4S. The van der Waals surface area contributed by atoms with Gasteiger partial charge >= 0.3 is 5.97 Å². The van der Waals surface area contributed by atoms with E-state index in [0.29, 0.717) is 15.4 Å². The molecule has 26 heavy (non-hydrogen) atoms. The first-order valence-electron chi connectivity index (χ1n) is 8.17. The fraction of sp³-hybridized carbons (Fsp3) is 0.500. The van der Waals surface area contributed by atoms with Crippen LogP contribution in [0.3, 0.4) is 0 Å². The number of Topliss-reactive ketones (excluding diaryl/α,β-unsaturated/α-hetero) is 1. The van der Waals surface area contributed by atoms with E-state index < -0.39 is 5.97 Å². The number of nitrogens with one attached hydrogen (secondary N) is 1. The summed E-state index contributed by atoms with van der Waals surface area (Å²) < 4.78 is 5.20. The van der Waals surface area contributed by atoms with Gasteiger partial charge in [-0.1, -0.05) is 37.0 Å². The Morgan fingerprint density at radius 1 is 1.31 bits per heavy atom. The lowest BCUT2D eigenvalue weighted by Gasteiger charge is -2.07. The maximum Gasteiger partial charge on any atom is 0.341 e. The lowest BCUT2D eigenvalue weighted by atomic mass is 10.1. The topological polar surface area (TPSA) is 72.5 Å². The van der Waals surface area contributed by atoms with Crippen LogP contribution in [0.15, 0.2) is 10.6 Å². The van der Waals surface area contributed by atoms with Crippen molar-refractivity contribution >= 4 is 57.2 Å². The van der Waals surface area contributed by atoms with Gasteiger partial charge in [0.2, 0.25) is 5.91 Å². The molecule has 1 aliphatic rings. The number of anilines is 1. The Morgan fingerprint density at radius 2 is 1.92 bits per heavy atom. The number of ether oxygens (including phenoxy) is 1. The molecule has 0 aliphatic heterocycles. The molecule has 1 fully saturated rings. The summed E-state index contributed by atoms with van der Waals surface area (Å²) in [4.78, 5) is 37.3. The molecule has 5 nitrogen and oxygen atoms in total. The minimum absolute atomic E-state index is 0.0909. The molecule has 1 aliphatic carbocycles. The van der Waals surface area contributed by atoms with Crippen molar-refractivity contribution in [2.45, 2.75) is 34.6 Å². The minimum Gasteiger partial charge on any atom is -0.462 e. The Labute approximate surface area is 166 Å². The Morgan fingerprint density at radius 3 is 2.42 bits per heavy atom. The molecule has 1 aromatic heterocycles. The van der Waals surface area contributed by atoms with Crippen LogP contribution in [0.4, 0.5) is 5.00 Å². The van der Waals surface area contributed by atoms with Gasteiger partial charge in [0.05, 0.1) is 23.0 Å². The van der Waals surface area contributed by atoms with Crippen molar-refractivity contribution in [2.24, 2.45) is 17.3 Å². The van der Waals surface area contributed by atoms with Crippen LogP contribution in [0.1, 0.15) is 53.3 Å². The summed E-state index contributed by atoms with van der Waals surface area (Å²) in [5, 5.41) is 3.13. The molecule has 1 aromatic rings. The van der Waals surface area contributed by atoms with Gasteiger partial charge < -0.3 is 10.1 Å². The van der Waals surface area contributed by atoms with E-state index in [9.17, 15) is 14.4 Å². The zero-order valence-corrected chi connectivity index (χ0v) is 17.6. The molecule has 1 heterocycles. The number of hydrogen-bond donors (Lipinski definition) is 1. The third-order valence-corrected chi connectivity index (χ3v) is 6.24. The van der Waals surface area contributed by atoms with E-state index in [1.165, 1.54) is 6.92 Å². The number of rotatable bonds is 6. The summed E-state index contributed by atoms with van der Waals surface area (Å²) in [6, 6.07) is 0. The largest absolute Gasteiger partial charge is 0.462 e. The van der Waals surface area contributed by atoms with Crippen LogP contribution in [0.2, 0.25) is 0 Å². The highest BCUT2D eigenvalue weighted by molar-refractivity contribution is 7.18. The normalized spacial score (nSPS) is 20.3. The van der Waals surface area contributed by atoms with Crippen LogP contribution in [-0.2, 0) is 9.53 Å². The lowest BCUT2D eigenvalue weighted by molar-refractivity contribution is -0.118. The molecule has 0 aromatic carbocycles. The molecule has 2 rings (SSSR count). The predicted octanol–water partition coefficient (Wildman–Crippen LogP) is 4.97. The van der Waals surface area contributed by atoms with Crippen LogP contribution in [-0.4, -0.2) is 24.3 Å². The molecule has 0 saturated heterocycles. The monoisotopic (exact) mass is 417 g/mol. The number of halogens is 2. The third-order valence-electron chi connectivity index (χ3n) is 4.68. The van der Waals surface area contributed by atoms with E-state index in [0.717, 1.165) is 11.3 Å². The zero-order valence-electron chi connectivity index (χ0n) is 15.2. The van der Waals surface area contributed by atoms with Crippen LogP contribution < -0.4 is 5.32 Å². The standard InChI is InChI=1S/C18H21Cl2NO4S/c1-6-25-17(24)12-8(2)14(9(3)22)26-16(12)21-15(23)13-10(7-11(19)20)18(13,4)5/h7,10,13H,6H2,1-5H3,(H,21,23)/t10-,13+/m0/s1. The van der Waals surface area contributed by atoms with Gasteiger partial charge in [-0.2, -0.15) is 0 Å². The van der Waals surface area contributed by atoms with Gasteiger partial charge in [0, 0.05) is 0 Å². The maximum atomic E-state index is 12.7. The van der Waals surface area contributed by atoms with Crippen molar-refractivity contribution in [2.75, 3.05) is 11.9 Å². The fourth-order valence-corrected chi connectivity index (χ4v) is 4.57. The SMILES string of the molecule is CCOC(=O)c1c(NC(=O)[C@H]2[C@H](C=C(Cl)Cl)C2(C)C)sc(C(C)=O)c1C. The van der Waals surface area contributed by atoms with Gasteiger partial charge in [-0.15, -0.1) is 11.3 Å². The number of thiophene rings is 1. The molecule has 1 N–H and O–H groups in total. The highest BCUT2D eigenvalue weighted by Crippen LogP contribution is 2.60. The molecule has 0 bridgehead atoms. The summed E-state index contributed by atoms with van der Waals surface area (Å²) in [6.07, 6.45) is 1.65. The van der Waals surface area contributed by atoms with Crippen molar-refractivity contribution in [3.63, 3.8) is 0 Å². The maximum absolute atomic E-state index is 12.7. The van der Waals surface area contributed by atoms with E-state index in [-0.39, 0.29) is 45.6 Å². The molecular weight excluding hydrogens is 397 g/mol. The van der Waals surface area contributed by atoms with Gasteiger partial charge in [0.15, 0.2) is 5.78 Å². The van der Waals surface area contributed by atoms with Gasteiger partial charge in [0.25, 0.3) is 0 Å². The van der Waals surface area contributed by atoms with Crippen molar-refractivity contribution in [1.29, 1.82) is 0 Å². The van der Waals surface area contributed by atoms with E-state index in [2.05, 4.69) is 5.32 Å². The van der Waals surface area contributed by atoms with Crippen LogP contribution in [0, 0.1) is 24.2 Å². The van der Waals surface area contributed by atoms with Gasteiger partial charge in [-0.05, 0) is 43.7 Å². The first-order valence-corrected chi connectivity index (χ1v) is 9.74. The van der Waals surface area contributed by atoms with Gasteiger partial charge in [0.1, 0.15) is 9.49 Å². The van der Waals surface area contributed by atoms with Crippen LogP contribution >= 0.6 is 34.5 Å². The van der Waals surface area contributed by atoms with Crippen LogP contribution in [0.25, 0.3) is 0 Å². The second kappa shape index (κ2) is 7.71. The van der Waals surface area contributed by atoms with E-state index in [4.69, 9.17) is 27.9 Å². The van der Waals surface area contributed by atoms with Crippen molar-refractivity contribution < 1.29 is 19.1 Å². The number of hydrogen-bond acceptors (Lipinski definition) is 5.